The van der Waals surface area contributed by atoms with E-state index in [0.717, 1.165) is 22.5 Å². The Bertz CT molecular complexity index is 339. The van der Waals surface area contributed by atoms with Crippen LogP contribution in [0.2, 0.25) is 0 Å². The van der Waals surface area contributed by atoms with Gasteiger partial charge in [0.05, 0.1) is 14.2 Å². The molecule has 2 rings (SSSR count). The maximum atomic E-state index is 5.29. The SMILES string of the molecule is COc1cc([C@@H]2CCN2)cc(OC)c1Br. The molecule has 0 saturated carbocycles. The van der Waals surface area contributed by atoms with Gasteiger partial charge in [-0.05, 0) is 46.6 Å². The summed E-state index contributed by atoms with van der Waals surface area (Å²) in [6.07, 6.45) is 1.17. The van der Waals surface area contributed by atoms with Crippen molar-refractivity contribution in [3.8, 4) is 11.5 Å². The number of halogens is 1. The van der Waals surface area contributed by atoms with E-state index in [9.17, 15) is 0 Å². The highest BCUT2D eigenvalue weighted by Crippen LogP contribution is 2.38. The normalized spacial score (nSPS) is 19.5. The van der Waals surface area contributed by atoms with E-state index in [-0.39, 0.29) is 0 Å². The fraction of sp³-hybridized carbons (Fsp3) is 0.455. The van der Waals surface area contributed by atoms with Crippen LogP contribution in [0, 0.1) is 0 Å². The molecule has 1 saturated heterocycles. The molecule has 0 aromatic heterocycles. The fourth-order valence-corrected chi connectivity index (χ4v) is 2.22. The van der Waals surface area contributed by atoms with E-state index in [1.807, 2.05) is 12.1 Å². The van der Waals surface area contributed by atoms with Gasteiger partial charge in [-0.15, -0.1) is 0 Å². The molecule has 1 aromatic carbocycles. The summed E-state index contributed by atoms with van der Waals surface area (Å²) in [5.74, 6) is 1.64. The van der Waals surface area contributed by atoms with Gasteiger partial charge in [0.2, 0.25) is 0 Å². The van der Waals surface area contributed by atoms with Gasteiger partial charge in [-0.25, -0.2) is 0 Å². The van der Waals surface area contributed by atoms with Gasteiger partial charge in [0.25, 0.3) is 0 Å². The second kappa shape index (κ2) is 4.41. The summed E-state index contributed by atoms with van der Waals surface area (Å²) in [5.41, 5.74) is 1.22. The standard InChI is InChI=1S/C11H14BrNO2/c1-14-9-5-7(8-3-4-13-8)6-10(15-2)11(9)12/h5-6,8,13H,3-4H2,1-2H3/t8-/m0/s1. The molecule has 0 bridgehead atoms. The van der Waals surface area contributed by atoms with Crippen LogP contribution in [0.5, 0.6) is 11.5 Å². The molecular weight excluding hydrogens is 258 g/mol. The minimum Gasteiger partial charge on any atom is -0.495 e. The van der Waals surface area contributed by atoms with Crippen molar-refractivity contribution in [2.24, 2.45) is 0 Å². The zero-order valence-electron chi connectivity index (χ0n) is 8.84. The zero-order valence-corrected chi connectivity index (χ0v) is 10.4. The number of benzene rings is 1. The summed E-state index contributed by atoms with van der Waals surface area (Å²) in [4.78, 5) is 0. The van der Waals surface area contributed by atoms with Crippen LogP contribution in [-0.2, 0) is 0 Å². The van der Waals surface area contributed by atoms with Crippen molar-refractivity contribution in [2.75, 3.05) is 20.8 Å². The molecule has 4 heteroatoms. The molecule has 1 fully saturated rings. The number of nitrogens with one attached hydrogen (secondary N) is 1. The third-order valence-corrected chi connectivity index (χ3v) is 3.48. The Morgan fingerprint density at radius 3 is 2.13 bits per heavy atom. The van der Waals surface area contributed by atoms with Gasteiger partial charge in [0.1, 0.15) is 16.0 Å². The molecule has 1 aromatic rings. The van der Waals surface area contributed by atoms with Crippen LogP contribution in [0.1, 0.15) is 18.0 Å². The summed E-state index contributed by atoms with van der Waals surface area (Å²) in [6, 6.07) is 4.54. The molecule has 15 heavy (non-hydrogen) atoms. The molecule has 0 aliphatic carbocycles. The lowest BCUT2D eigenvalue weighted by Gasteiger charge is -2.28. The largest absolute Gasteiger partial charge is 0.495 e. The van der Waals surface area contributed by atoms with Crippen molar-refractivity contribution in [1.82, 2.24) is 5.32 Å². The van der Waals surface area contributed by atoms with Crippen LogP contribution in [0.3, 0.4) is 0 Å². The Balaban J connectivity index is 2.38. The first-order chi connectivity index (χ1) is 7.26. The lowest BCUT2D eigenvalue weighted by Crippen LogP contribution is -2.34. The highest BCUT2D eigenvalue weighted by atomic mass is 79.9. The van der Waals surface area contributed by atoms with E-state index in [4.69, 9.17) is 9.47 Å². The van der Waals surface area contributed by atoms with Gasteiger partial charge in [-0.1, -0.05) is 0 Å². The van der Waals surface area contributed by atoms with Gasteiger partial charge in [0, 0.05) is 6.04 Å². The molecule has 0 unspecified atom stereocenters. The van der Waals surface area contributed by atoms with Gasteiger partial charge >= 0.3 is 0 Å². The lowest BCUT2D eigenvalue weighted by molar-refractivity contribution is 0.366. The number of rotatable bonds is 3. The van der Waals surface area contributed by atoms with Crippen LogP contribution in [0.25, 0.3) is 0 Å². The first-order valence-corrected chi connectivity index (χ1v) is 5.70. The Hall–Kier alpha value is -0.740. The van der Waals surface area contributed by atoms with E-state index in [1.54, 1.807) is 14.2 Å². The number of hydrogen-bond donors (Lipinski definition) is 1. The maximum absolute atomic E-state index is 5.29. The summed E-state index contributed by atoms with van der Waals surface area (Å²) in [6.45, 7) is 1.09. The van der Waals surface area contributed by atoms with Crippen molar-refractivity contribution in [1.29, 1.82) is 0 Å². The Kier molecular flexibility index (Phi) is 3.17. The minimum atomic E-state index is 0.445. The summed E-state index contributed by atoms with van der Waals surface area (Å²) >= 11 is 3.45. The van der Waals surface area contributed by atoms with Crippen LogP contribution in [-0.4, -0.2) is 20.8 Å². The Morgan fingerprint density at radius 2 is 1.80 bits per heavy atom. The maximum Gasteiger partial charge on any atom is 0.137 e. The summed E-state index contributed by atoms with van der Waals surface area (Å²) in [7, 11) is 3.33. The predicted octanol–water partition coefficient (Wildman–Crippen LogP) is 2.50. The van der Waals surface area contributed by atoms with Crippen molar-refractivity contribution in [3.05, 3.63) is 22.2 Å². The predicted molar refractivity (Wildman–Crippen MR) is 62.6 cm³/mol. The Labute approximate surface area is 97.9 Å². The molecular formula is C11H14BrNO2. The van der Waals surface area contributed by atoms with Gasteiger partial charge in [0.15, 0.2) is 0 Å². The van der Waals surface area contributed by atoms with Gasteiger partial charge < -0.3 is 14.8 Å². The first-order valence-electron chi connectivity index (χ1n) is 4.91. The molecule has 0 spiro atoms. The van der Waals surface area contributed by atoms with Gasteiger partial charge in [-0.2, -0.15) is 0 Å². The number of hydrogen-bond acceptors (Lipinski definition) is 3. The lowest BCUT2D eigenvalue weighted by atomic mass is 9.97. The topological polar surface area (TPSA) is 30.5 Å². The van der Waals surface area contributed by atoms with Crippen molar-refractivity contribution in [2.45, 2.75) is 12.5 Å². The fourth-order valence-electron chi connectivity index (χ4n) is 1.66. The molecule has 3 nitrogen and oxygen atoms in total. The van der Waals surface area contributed by atoms with E-state index in [0.29, 0.717) is 6.04 Å². The van der Waals surface area contributed by atoms with E-state index < -0.39 is 0 Å². The van der Waals surface area contributed by atoms with Crippen LogP contribution >= 0.6 is 15.9 Å². The molecule has 1 heterocycles. The second-order valence-corrected chi connectivity index (χ2v) is 4.33. The molecule has 1 N–H and O–H groups in total. The molecule has 1 aliphatic heterocycles. The third kappa shape index (κ3) is 1.96. The molecule has 0 amide bonds. The van der Waals surface area contributed by atoms with Gasteiger partial charge in [-0.3, -0.25) is 0 Å². The van der Waals surface area contributed by atoms with Crippen molar-refractivity contribution in [3.63, 3.8) is 0 Å². The van der Waals surface area contributed by atoms with Crippen LogP contribution < -0.4 is 14.8 Å². The van der Waals surface area contributed by atoms with E-state index in [1.165, 1.54) is 12.0 Å². The smallest absolute Gasteiger partial charge is 0.137 e. The highest BCUT2D eigenvalue weighted by molar-refractivity contribution is 9.10. The zero-order chi connectivity index (χ0) is 10.8. The number of ether oxygens (including phenoxy) is 2. The highest BCUT2D eigenvalue weighted by Gasteiger charge is 2.21. The molecule has 1 aliphatic rings. The molecule has 0 radical (unpaired) electrons. The quantitative estimate of drug-likeness (QED) is 0.917. The minimum absolute atomic E-state index is 0.445. The molecule has 82 valence electrons. The average Bonchev–Trinajstić information content (AvgIpc) is 2.17. The van der Waals surface area contributed by atoms with E-state index in [2.05, 4.69) is 21.2 Å². The number of methoxy groups -OCH3 is 2. The monoisotopic (exact) mass is 271 g/mol. The van der Waals surface area contributed by atoms with Crippen LogP contribution in [0.4, 0.5) is 0 Å². The van der Waals surface area contributed by atoms with E-state index >= 15 is 0 Å². The summed E-state index contributed by atoms with van der Waals surface area (Å²) in [5, 5.41) is 3.36. The average molecular weight is 272 g/mol. The van der Waals surface area contributed by atoms with Crippen LogP contribution in [0.15, 0.2) is 16.6 Å². The molecule has 1 atom stereocenters. The Morgan fingerprint density at radius 1 is 1.27 bits per heavy atom. The third-order valence-electron chi connectivity index (χ3n) is 2.69. The first kappa shape index (κ1) is 10.8. The van der Waals surface area contributed by atoms with Crippen molar-refractivity contribution >= 4 is 15.9 Å². The van der Waals surface area contributed by atoms with Crippen molar-refractivity contribution < 1.29 is 9.47 Å². The summed E-state index contributed by atoms with van der Waals surface area (Å²) < 4.78 is 11.5. The second-order valence-electron chi connectivity index (χ2n) is 3.53.